The normalized spacial score (nSPS) is 13.8. The van der Waals surface area contributed by atoms with Gasteiger partial charge >= 0.3 is 5.97 Å². The van der Waals surface area contributed by atoms with Crippen LogP contribution in [-0.4, -0.2) is 11.1 Å². The number of nitrogen functional groups attached to an aromatic ring is 1. The van der Waals surface area contributed by atoms with Crippen LogP contribution in [0.3, 0.4) is 0 Å². The van der Waals surface area contributed by atoms with Gasteiger partial charge in [0, 0.05) is 12.1 Å². The first-order valence-electron chi connectivity index (χ1n) is 4.97. The summed E-state index contributed by atoms with van der Waals surface area (Å²) in [7, 11) is 0. The second-order valence-corrected chi connectivity index (χ2v) is 3.92. The van der Waals surface area contributed by atoms with Crippen molar-refractivity contribution in [1.29, 1.82) is 5.26 Å². The van der Waals surface area contributed by atoms with Gasteiger partial charge in [0.1, 0.15) is 0 Å². The van der Waals surface area contributed by atoms with Gasteiger partial charge < -0.3 is 10.8 Å². The summed E-state index contributed by atoms with van der Waals surface area (Å²) < 4.78 is 0. The summed E-state index contributed by atoms with van der Waals surface area (Å²) >= 11 is 0. The molecule has 84 valence electrons. The van der Waals surface area contributed by atoms with E-state index < -0.39 is 11.4 Å². The number of carboxylic acid groups (broad SMARTS) is 1. The molecule has 0 saturated heterocycles. The summed E-state index contributed by atoms with van der Waals surface area (Å²) in [4.78, 5) is 11.3. The Morgan fingerprint density at radius 3 is 2.50 bits per heavy atom. The van der Waals surface area contributed by atoms with Gasteiger partial charge in [0.2, 0.25) is 0 Å². The SMILES string of the molecule is CC(CCC#N)(C(=O)O)c1ccc(N)cc1. The molecule has 1 aromatic carbocycles. The lowest BCUT2D eigenvalue weighted by Crippen LogP contribution is -2.32. The van der Waals surface area contributed by atoms with Gasteiger partial charge in [-0.2, -0.15) is 5.26 Å². The Morgan fingerprint density at radius 1 is 1.50 bits per heavy atom. The third-order valence-electron chi connectivity index (χ3n) is 2.76. The summed E-state index contributed by atoms with van der Waals surface area (Å²) in [5, 5.41) is 17.8. The number of benzene rings is 1. The summed E-state index contributed by atoms with van der Waals surface area (Å²) in [5.41, 5.74) is 5.79. The largest absolute Gasteiger partial charge is 0.481 e. The van der Waals surface area contributed by atoms with Gasteiger partial charge in [0.25, 0.3) is 0 Å². The highest BCUT2D eigenvalue weighted by atomic mass is 16.4. The van der Waals surface area contributed by atoms with Gasteiger partial charge in [-0.15, -0.1) is 0 Å². The maximum atomic E-state index is 11.3. The van der Waals surface area contributed by atoms with E-state index in [9.17, 15) is 9.90 Å². The van der Waals surface area contributed by atoms with Gasteiger partial charge in [-0.25, -0.2) is 0 Å². The number of anilines is 1. The summed E-state index contributed by atoms with van der Waals surface area (Å²) in [6.45, 7) is 1.62. The molecule has 3 N–H and O–H groups in total. The molecule has 1 aromatic rings. The molecule has 16 heavy (non-hydrogen) atoms. The second-order valence-electron chi connectivity index (χ2n) is 3.92. The van der Waals surface area contributed by atoms with Gasteiger partial charge in [0.15, 0.2) is 0 Å². The van der Waals surface area contributed by atoms with E-state index in [1.54, 1.807) is 31.2 Å². The lowest BCUT2D eigenvalue weighted by atomic mass is 9.78. The minimum atomic E-state index is -1.02. The number of hydrogen-bond donors (Lipinski definition) is 2. The lowest BCUT2D eigenvalue weighted by Gasteiger charge is -2.24. The number of carboxylic acids is 1. The van der Waals surface area contributed by atoms with E-state index in [4.69, 9.17) is 11.0 Å². The zero-order valence-electron chi connectivity index (χ0n) is 9.10. The molecule has 0 amide bonds. The van der Waals surface area contributed by atoms with Crippen LogP contribution in [-0.2, 0) is 10.2 Å². The average Bonchev–Trinajstić information content (AvgIpc) is 2.26. The second kappa shape index (κ2) is 4.67. The molecule has 0 fully saturated rings. The fourth-order valence-corrected chi connectivity index (χ4v) is 1.53. The minimum Gasteiger partial charge on any atom is -0.481 e. The Hall–Kier alpha value is -2.02. The first-order valence-corrected chi connectivity index (χ1v) is 4.97. The molecule has 0 saturated carbocycles. The van der Waals surface area contributed by atoms with Gasteiger partial charge in [-0.1, -0.05) is 12.1 Å². The Balaban J connectivity index is 3.07. The quantitative estimate of drug-likeness (QED) is 0.756. The van der Waals surface area contributed by atoms with Crippen molar-refractivity contribution in [2.24, 2.45) is 0 Å². The number of carbonyl (C=O) groups is 1. The number of hydrogen-bond acceptors (Lipinski definition) is 3. The zero-order chi connectivity index (χ0) is 12.2. The minimum absolute atomic E-state index is 0.215. The van der Waals surface area contributed by atoms with Crippen LogP contribution in [0, 0.1) is 11.3 Å². The maximum Gasteiger partial charge on any atom is 0.313 e. The van der Waals surface area contributed by atoms with E-state index in [2.05, 4.69) is 0 Å². The standard InChI is InChI=1S/C12H14N2O2/c1-12(11(15)16,7-2-8-13)9-3-5-10(14)6-4-9/h3-6H,2,7,14H2,1H3,(H,15,16). The number of nitrogens with zero attached hydrogens (tertiary/aromatic N) is 1. The molecule has 4 heteroatoms. The van der Waals surface area contributed by atoms with Crippen LogP contribution in [0.1, 0.15) is 25.3 Å². The first kappa shape index (κ1) is 12.1. The molecular formula is C12H14N2O2. The van der Waals surface area contributed by atoms with Gasteiger partial charge in [-0.05, 0) is 31.0 Å². The zero-order valence-corrected chi connectivity index (χ0v) is 9.10. The van der Waals surface area contributed by atoms with Crippen LogP contribution < -0.4 is 5.73 Å². The van der Waals surface area contributed by atoms with E-state index >= 15 is 0 Å². The van der Waals surface area contributed by atoms with E-state index in [-0.39, 0.29) is 6.42 Å². The molecule has 0 aliphatic heterocycles. The summed E-state index contributed by atoms with van der Waals surface area (Å²) in [6, 6.07) is 8.70. The third-order valence-corrected chi connectivity index (χ3v) is 2.76. The van der Waals surface area contributed by atoms with Crippen LogP contribution in [0.5, 0.6) is 0 Å². The Bertz CT molecular complexity index is 420. The molecule has 4 nitrogen and oxygen atoms in total. The molecule has 0 spiro atoms. The molecule has 0 aliphatic carbocycles. The topological polar surface area (TPSA) is 87.1 Å². The van der Waals surface area contributed by atoms with Crippen LogP contribution in [0.4, 0.5) is 5.69 Å². The Morgan fingerprint density at radius 2 is 2.06 bits per heavy atom. The first-order chi connectivity index (χ1) is 7.50. The van der Waals surface area contributed by atoms with Crippen molar-refractivity contribution in [2.45, 2.75) is 25.2 Å². The van der Waals surface area contributed by atoms with Crippen molar-refractivity contribution in [3.05, 3.63) is 29.8 Å². The Labute approximate surface area is 94.3 Å². The molecule has 1 atom stereocenters. The molecular weight excluding hydrogens is 204 g/mol. The molecule has 1 unspecified atom stereocenters. The number of aliphatic carboxylic acids is 1. The maximum absolute atomic E-state index is 11.3. The van der Waals surface area contributed by atoms with Crippen LogP contribution in [0.25, 0.3) is 0 Å². The molecule has 1 rings (SSSR count). The van der Waals surface area contributed by atoms with Gasteiger partial charge in [0.05, 0.1) is 11.5 Å². The summed E-state index contributed by atoms with van der Waals surface area (Å²) in [6.07, 6.45) is 0.510. The molecule has 0 radical (unpaired) electrons. The number of nitriles is 1. The third kappa shape index (κ3) is 2.31. The van der Waals surface area contributed by atoms with Crippen LogP contribution in [0.2, 0.25) is 0 Å². The van der Waals surface area contributed by atoms with Crippen LogP contribution in [0.15, 0.2) is 24.3 Å². The van der Waals surface area contributed by atoms with Gasteiger partial charge in [-0.3, -0.25) is 4.79 Å². The highest BCUT2D eigenvalue weighted by Crippen LogP contribution is 2.29. The summed E-state index contributed by atoms with van der Waals surface area (Å²) in [5.74, 6) is -0.924. The van der Waals surface area contributed by atoms with Crippen molar-refractivity contribution in [3.63, 3.8) is 0 Å². The van der Waals surface area contributed by atoms with Crippen LogP contribution >= 0.6 is 0 Å². The van der Waals surface area contributed by atoms with Crippen molar-refractivity contribution >= 4 is 11.7 Å². The predicted octanol–water partition coefficient (Wildman–Crippen LogP) is 1.91. The highest BCUT2D eigenvalue weighted by Gasteiger charge is 2.34. The van der Waals surface area contributed by atoms with Crippen molar-refractivity contribution < 1.29 is 9.90 Å². The molecule has 0 aromatic heterocycles. The molecule has 0 bridgehead atoms. The molecule has 0 heterocycles. The average molecular weight is 218 g/mol. The molecule has 0 aliphatic rings. The van der Waals surface area contributed by atoms with E-state index in [0.29, 0.717) is 17.7 Å². The van der Waals surface area contributed by atoms with Crippen molar-refractivity contribution in [1.82, 2.24) is 0 Å². The highest BCUT2D eigenvalue weighted by molar-refractivity contribution is 5.81. The smallest absolute Gasteiger partial charge is 0.313 e. The van der Waals surface area contributed by atoms with E-state index in [0.717, 1.165) is 0 Å². The van der Waals surface area contributed by atoms with E-state index in [1.807, 2.05) is 6.07 Å². The monoisotopic (exact) mass is 218 g/mol. The fraction of sp³-hybridized carbons (Fsp3) is 0.333. The predicted molar refractivity (Wildman–Crippen MR) is 60.7 cm³/mol. The van der Waals surface area contributed by atoms with Crippen molar-refractivity contribution in [3.8, 4) is 6.07 Å². The lowest BCUT2D eigenvalue weighted by molar-refractivity contribution is -0.143. The van der Waals surface area contributed by atoms with E-state index in [1.165, 1.54) is 0 Å². The number of nitrogens with two attached hydrogens (primary N) is 1. The Kier molecular flexibility index (Phi) is 3.51. The van der Waals surface area contributed by atoms with Crippen molar-refractivity contribution in [2.75, 3.05) is 5.73 Å². The number of rotatable bonds is 4. The fourth-order valence-electron chi connectivity index (χ4n) is 1.53.